The predicted molar refractivity (Wildman–Crippen MR) is 131 cm³/mol. The molecule has 6 nitrogen and oxygen atoms in total. The number of piperazine rings is 1. The monoisotopic (exact) mass is 468 g/mol. The number of aryl methyl sites for hydroxylation is 3. The second-order valence-electron chi connectivity index (χ2n) is 9.38. The Kier molecular flexibility index (Phi) is 6.49. The first-order chi connectivity index (χ1) is 15.6. The van der Waals surface area contributed by atoms with E-state index < -0.39 is 10.0 Å². The van der Waals surface area contributed by atoms with Crippen molar-refractivity contribution in [1.29, 1.82) is 0 Å². The van der Waals surface area contributed by atoms with Crippen molar-refractivity contribution in [1.82, 2.24) is 9.21 Å². The first-order valence-corrected chi connectivity index (χ1v) is 12.9. The van der Waals surface area contributed by atoms with Crippen LogP contribution in [0, 0.1) is 20.8 Å². The topological polar surface area (TPSA) is 70.8 Å². The smallest absolute Gasteiger partial charge is 0.336 e. The maximum absolute atomic E-state index is 13.1. The largest absolute Gasteiger partial charge is 0.423 e. The summed E-state index contributed by atoms with van der Waals surface area (Å²) < 4.78 is 33.3. The summed E-state index contributed by atoms with van der Waals surface area (Å²) in [4.78, 5) is 14.7. The van der Waals surface area contributed by atoms with E-state index in [1.54, 1.807) is 22.5 Å². The van der Waals surface area contributed by atoms with Crippen molar-refractivity contribution in [2.75, 3.05) is 26.2 Å². The normalized spacial score (nSPS) is 16.1. The fraction of sp³-hybridized carbons (Fsp3) is 0.423. The van der Waals surface area contributed by atoms with Crippen molar-refractivity contribution in [2.45, 2.75) is 52.0 Å². The van der Waals surface area contributed by atoms with Gasteiger partial charge in [-0.25, -0.2) is 13.2 Å². The van der Waals surface area contributed by atoms with Crippen LogP contribution in [0.5, 0.6) is 0 Å². The number of hydrogen-bond donors (Lipinski definition) is 0. The second-order valence-corrected chi connectivity index (χ2v) is 11.3. The molecule has 3 aromatic rings. The van der Waals surface area contributed by atoms with E-state index in [1.165, 1.54) is 5.56 Å². The Morgan fingerprint density at radius 3 is 2.24 bits per heavy atom. The maximum Gasteiger partial charge on any atom is 0.336 e. The lowest BCUT2D eigenvalue weighted by atomic mass is 9.95. The van der Waals surface area contributed by atoms with Crippen molar-refractivity contribution in [3.63, 3.8) is 0 Å². The van der Waals surface area contributed by atoms with Crippen molar-refractivity contribution in [3.05, 3.63) is 74.6 Å². The van der Waals surface area contributed by atoms with E-state index in [4.69, 9.17) is 4.42 Å². The number of hydrogen-bond acceptors (Lipinski definition) is 5. The van der Waals surface area contributed by atoms with Gasteiger partial charge >= 0.3 is 5.63 Å². The molecular formula is C26H32N2O4S. The fourth-order valence-electron chi connectivity index (χ4n) is 4.54. The van der Waals surface area contributed by atoms with Crippen molar-refractivity contribution in [2.24, 2.45) is 0 Å². The highest BCUT2D eigenvalue weighted by molar-refractivity contribution is 7.89. The summed E-state index contributed by atoms with van der Waals surface area (Å²) in [5, 5.41) is 0.953. The molecule has 0 saturated carbocycles. The summed E-state index contributed by atoms with van der Waals surface area (Å²) in [7, 11) is -3.52. The third kappa shape index (κ3) is 4.76. The van der Waals surface area contributed by atoms with Crippen LogP contribution in [0.25, 0.3) is 11.0 Å². The molecule has 1 saturated heterocycles. The molecule has 1 aliphatic rings. The number of sulfonamides is 1. The van der Waals surface area contributed by atoms with E-state index >= 15 is 0 Å². The summed E-state index contributed by atoms with van der Waals surface area (Å²) in [6.45, 7) is 12.9. The minimum atomic E-state index is -3.52. The fourth-order valence-corrected chi connectivity index (χ4v) is 6.04. The first-order valence-electron chi connectivity index (χ1n) is 11.4. The molecule has 1 aromatic heterocycles. The third-order valence-electron chi connectivity index (χ3n) is 6.68. The number of benzene rings is 2. The number of nitrogens with zero attached hydrogens (tertiary/aromatic N) is 2. The lowest BCUT2D eigenvalue weighted by molar-refractivity contribution is 0.182. The summed E-state index contributed by atoms with van der Waals surface area (Å²) >= 11 is 0. The van der Waals surface area contributed by atoms with Gasteiger partial charge in [0.1, 0.15) is 5.58 Å². The minimum absolute atomic E-state index is 0.349. The Morgan fingerprint density at radius 2 is 1.61 bits per heavy atom. The molecule has 2 heterocycles. The Hall–Kier alpha value is -2.48. The Balaban J connectivity index is 1.54. The standard InChI is InChI=1S/C26H32N2O4S/c1-17(2)23-15-24-21(14-26(29)32-25(24)13-20(23)5)16-27-8-10-28(11-9-27)33(30,31)22-7-6-18(3)19(4)12-22/h6-7,12-15,17H,8-11,16H2,1-5H3. The van der Waals surface area contributed by atoms with E-state index in [-0.39, 0.29) is 5.63 Å². The SMILES string of the molecule is Cc1ccc(S(=O)(=O)N2CCN(Cc3cc(=O)oc4cc(C)c(C(C)C)cc34)CC2)cc1C. The van der Waals surface area contributed by atoms with Crippen LogP contribution in [-0.2, 0) is 16.6 Å². The van der Waals surface area contributed by atoms with Gasteiger partial charge in [-0.05, 0) is 78.8 Å². The minimum Gasteiger partial charge on any atom is -0.423 e. The molecule has 176 valence electrons. The van der Waals surface area contributed by atoms with Gasteiger partial charge in [-0.2, -0.15) is 4.31 Å². The zero-order valence-electron chi connectivity index (χ0n) is 20.0. The van der Waals surface area contributed by atoms with E-state index in [0.29, 0.717) is 49.1 Å². The molecule has 7 heteroatoms. The summed E-state index contributed by atoms with van der Waals surface area (Å²) in [6, 6.07) is 10.9. The first kappa shape index (κ1) is 23.7. The van der Waals surface area contributed by atoms with Gasteiger partial charge in [-0.1, -0.05) is 19.9 Å². The molecule has 33 heavy (non-hydrogen) atoms. The molecular weight excluding hydrogens is 436 g/mol. The molecule has 0 atom stereocenters. The molecule has 2 aromatic carbocycles. The Bertz CT molecular complexity index is 1350. The molecule has 0 N–H and O–H groups in total. The Morgan fingerprint density at radius 1 is 0.909 bits per heavy atom. The van der Waals surface area contributed by atoms with E-state index in [0.717, 1.165) is 27.6 Å². The van der Waals surface area contributed by atoms with Crippen LogP contribution in [-0.4, -0.2) is 43.8 Å². The average Bonchev–Trinajstić information content (AvgIpc) is 2.75. The van der Waals surface area contributed by atoms with Gasteiger partial charge in [0.25, 0.3) is 0 Å². The second kappa shape index (κ2) is 9.05. The van der Waals surface area contributed by atoms with E-state index in [2.05, 4.69) is 24.8 Å². The molecule has 4 rings (SSSR count). The van der Waals surface area contributed by atoms with Gasteiger partial charge < -0.3 is 4.42 Å². The summed E-state index contributed by atoms with van der Waals surface area (Å²) in [6.07, 6.45) is 0. The van der Waals surface area contributed by atoms with Crippen LogP contribution >= 0.6 is 0 Å². The molecule has 0 bridgehead atoms. The molecule has 0 spiro atoms. The van der Waals surface area contributed by atoms with Gasteiger partial charge in [-0.3, -0.25) is 4.90 Å². The van der Waals surface area contributed by atoms with Gasteiger partial charge in [0.05, 0.1) is 4.90 Å². The van der Waals surface area contributed by atoms with Crippen LogP contribution < -0.4 is 5.63 Å². The summed E-state index contributed by atoms with van der Waals surface area (Å²) in [5.41, 5.74) is 5.58. The zero-order chi connectivity index (χ0) is 23.9. The quantitative estimate of drug-likeness (QED) is 0.521. The highest BCUT2D eigenvalue weighted by atomic mass is 32.2. The van der Waals surface area contributed by atoms with Crippen LogP contribution in [0.4, 0.5) is 0 Å². The molecule has 0 aliphatic carbocycles. The predicted octanol–water partition coefficient (Wildman–Crippen LogP) is 4.35. The van der Waals surface area contributed by atoms with Crippen molar-refractivity contribution >= 4 is 21.0 Å². The lowest BCUT2D eigenvalue weighted by Gasteiger charge is -2.34. The molecule has 0 unspecified atom stereocenters. The van der Waals surface area contributed by atoms with Crippen LogP contribution in [0.15, 0.2) is 50.5 Å². The zero-order valence-corrected chi connectivity index (χ0v) is 20.8. The molecule has 0 amide bonds. The highest BCUT2D eigenvalue weighted by Crippen LogP contribution is 2.28. The molecule has 0 radical (unpaired) electrons. The average molecular weight is 469 g/mol. The van der Waals surface area contributed by atoms with Crippen LogP contribution in [0.1, 0.15) is 47.6 Å². The highest BCUT2D eigenvalue weighted by Gasteiger charge is 2.29. The lowest BCUT2D eigenvalue weighted by Crippen LogP contribution is -2.48. The van der Waals surface area contributed by atoms with Gasteiger partial charge in [0, 0.05) is 44.2 Å². The molecule has 1 fully saturated rings. The van der Waals surface area contributed by atoms with Crippen LogP contribution in [0.2, 0.25) is 0 Å². The number of rotatable bonds is 5. The molecule has 1 aliphatic heterocycles. The summed E-state index contributed by atoms with van der Waals surface area (Å²) in [5.74, 6) is 0.369. The van der Waals surface area contributed by atoms with E-state index in [9.17, 15) is 13.2 Å². The van der Waals surface area contributed by atoms with Crippen LogP contribution in [0.3, 0.4) is 0 Å². The van der Waals surface area contributed by atoms with Crippen molar-refractivity contribution in [3.8, 4) is 0 Å². The maximum atomic E-state index is 13.1. The van der Waals surface area contributed by atoms with Gasteiger partial charge in [0.15, 0.2) is 0 Å². The number of fused-ring (bicyclic) bond motifs is 1. The third-order valence-corrected chi connectivity index (χ3v) is 8.57. The van der Waals surface area contributed by atoms with Gasteiger partial charge in [0.2, 0.25) is 10.0 Å². The Labute approximate surface area is 195 Å². The van der Waals surface area contributed by atoms with Gasteiger partial charge in [-0.15, -0.1) is 0 Å². The van der Waals surface area contributed by atoms with Crippen molar-refractivity contribution < 1.29 is 12.8 Å². The van der Waals surface area contributed by atoms with E-state index in [1.807, 2.05) is 32.9 Å².